The van der Waals surface area contributed by atoms with E-state index in [2.05, 4.69) is 12.2 Å². The maximum absolute atomic E-state index is 12.5. The van der Waals surface area contributed by atoms with E-state index in [-0.39, 0.29) is 29.7 Å². The zero-order chi connectivity index (χ0) is 19.6. The molecular formula is C19H21N3O4S. The molecular weight excluding hydrogens is 366 g/mol. The number of hydrogen-bond donors (Lipinski definition) is 2. The first-order chi connectivity index (χ1) is 12.8. The van der Waals surface area contributed by atoms with Crippen LogP contribution in [0.15, 0.2) is 53.4 Å². The van der Waals surface area contributed by atoms with Crippen LogP contribution < -0.4 is 15.4 Å². The molecule has 27 heavy (non-hydrogen) atoms. The van der Waals surface area contributed by atoms with Crippen molar-refractivity contribution >= 4 is 33.2 Å². The minimum absolute atomic E-state index is 0.0829. The summed E-state index contributed by atoms with van der Waals surface area (Å²) in [5.74, 6) is -0.957. The molecule has 3 rings (SSSR count). The van der Waals surface area contributed by atoms with Gasteiger partial charge in [0.05, 0.1) is 10.8 Å². The molecule has 0 unspecified atom stereocenters. The molecule has 7 nitrogen and oxygen atoms in total. The highest BCUT2D eigenvalue weighted by atomic mass is 32.2. The quantitative estimate of drug-likeness (QED) is 0.816. The van der Waals surface area contributed by atoms with Crippen LogP contribution in [0.1, 0.15) is 18.9 Å². The van der Waals surface area contributed by atoms with Crippen molar-refractivity contribution in [2.24, 2.45) is 11.1 Å². The van der Waals surface area contributed by atoms with E-state index < -0.39 is 15.9 Å². The molecule has 1 atom stereocenters. The van der Waals surface area contributed by atoms with Gasteiger partial charge < -0.3 is 10.2 Å². The number of amides is 2. The molecule has 0 aromatic heterocycles. The van der Waals surface area contributed by atoms with E-state index >= 15 is 0 Å². The van der Waals surface area contributed by atoms with Crippen LogP contribution in [-0.2, 0) is 26.0 Å². The number of benzene rings is 2. The minimum Gasteiger partial charge on any atom is -0.326 e. The number of primary sulfonamides is 1. The summed E-state index contributed by atoms with van der Waals surface area (Å²) in [5.41, 5.74) is 2.27. The second kappa shape index (κ2) is 7.50. The Balaban J connectivity index is 1.70. The van der Waals surface area contributed by atoms with Gasteiger partial charge in [-0.3, -0.25) is 9.59 Å². The number of aryl methyl sites for hydroxylation is 1. The molecule has 2 aromatic rings. The number of hydrogen-bond acceptors (Lipinski definition) is 4. The van der Waals surface area contributed by atoms with Gasteiger partial charge in [-0.05, 0) is 42.3 Å². The third-order valence-corrected chi connectivity index (χ3v) is 5.49. The van der Waals surface area contributed by atoms with Gasteiger partial charge in [0.2, 0.25) is 21.8 Å². The molecule has 1 heterocycles. The average molecular weight is 387 g/mol. The third kappa shape index (κ3) is 4.35. The summed E-state index contributed by atoms with van der Waals surface area (Å²) in [5, 5.41) is 7.78. The highest BCUT2D eigenvalue weighted by molar-refractivity contribution is 7.89. The Morgan fingerprint density at radius 3 is 2.56 bits per heavy atom. The summed E-state index contributed by atoms with van der Waals surface area (Å²) in [6, 6.07) is 13.4. The van der Waals surface area contributed by atoms with Crippen molar-refractivity contribution in [1.82, 2.24) is 0 Å². The smallest absolute Gasteiger partial charge is 0.238 e. The zero-order valence-corrected chi connectivity index (χ0v) is 15.7. The standard InChI is InChI=1S/C19H21N3O4S/c1-2-13-6-8-16(9-7-13)22-12-14(10-18(22)23)19(24)21-15-4-3-5-17(11-15)27(20,25)26/h3-9,11,14H,2,10,12H2,1H3,(H,21,24)(H2,20,25,26)/t14-/m0/s1. The number of nitrogens with one attached hydrogen (secondary N) is 1. The Kier molecular flexibility index (Phi) is 5.29. The molecule has 1 aliphatic heterocycles. The number of anilines is 2. The van der Waals surface area contributed by atoms with Crippen molar-refractivity contribution in [2.45, 2.75) is 24.7 Å². The van der Waals surface area contributed by atoms with Crippen molar-refractivity contribution in [3.8, 4) is 0 Å². The number of carbonyl (C=O) groups is 2. The molecule has 1 aliphatic rings. The molecule has 0 radical (unpaired) electrons. The first-order valence-electron chi connectivity index (χ1n) is 8.61. The van der Waals surface area contributed by atoms with Crippen LogP contribution in [0.3, 0.4) is 0 Å². The SMILES string of the molecule is CCc1ccc(N2C[C@@H](C(=O)Nc3cccc(S(N)(=O)=O)c3)CC2=O)cc1. The van der Waals surface area contributed by atoms with Crippen molar-refractivity contribution in [3.05, 3.63) is 54.1 Å². The molecule has 0 saturated carbocycles. The maximum Gasteiger partial charge on any atom is 0.238 e. The van der Waals surface area contributed by atoms with Crippen LogP contribution in [0.4, 0.5) is 11.4 Å². The first-order valence-corrected chi connectivity index (χ1v) is 10.2. The van der Waals surface area contributed by atoms with Gasteiger partial charge in [0.25, 0.3) is 0 Å². The Morgan fingerprint density at radius 1 is 1.22 bits per heavy atom. The molecule has 0 aliphatic carbocycles. The fourth-order valence-corrected chi connectivity index (χ4v) is 3.60. The van der Waals surface area contributed by atoms with Crippen molar-refractivity contribution in [1.29, 1.82) is 0 Å². The van der Waals surface area contributed by atoms with Crippen LogP contribution in [0.5, 0.6) is 0 Å². The van der Waals surface area contributed by atoms with Crippen molar-refractivity contribution < 1.29 is 18.0 Å². The molecule has 3 N–H and O–H groups in total. The van der Waals surface area contributed by atoms with Crippen LogP contribution >= 0.6 is 0 Å². The highest BCUT2D eigenvalue weighted by Gasteiger charge is 2.35. The number of nitrogens with two attached hydrogens (primary N) is 1. The summed E-state index contributed by atoms with van der Waals surface area (Å²) in [4.78, 5) is 26.4. The topological polar surface area (TPSA) is 110 Å². The van der Waals surface area contributed by atoms with Gasteiger partial charge in [0.1, 0.15) is 0 Å². The number of sulfonamides is 1. The summed E-state index contributed by atoms with van der Waals surface area (Å²) in [7, 11) is -3.85. The third-order valence-electron chi connectivity index (χ3n) is 4.58. The summed E-state index contributed by atoms with van der Waals surface area (Å²) in [6.07, 6.45) is 1.02. The van der Waals surface area contributed by atoms with Crippen molar-refractivity contribution in [2.75, 3.05) is 16.8 Å². The predicted molar refractivity (Wildman–Crippen MR) is 103 cm³/mol. The van der Waals surface area contributed by atoms with E-state index in [9.17, 15) is 18.0 Å². The summed E-state index contributed by atoms with van der Waals surface area (Å²) in [6.45, 7) is 2.34. The van der Waals surface area contributed by atoms with Gasteiger partial charge in [-0.2, -0.15) is 0 Å². The van der Waals surface area contributed by atoms with Crippen LogP contribution in [0, 0.1) is 5.92 Å². The van der Waals surface area contributed by atoms with Crippen LogP contribution in [-0.4, -0.2) is 26.8 Å². The molecule has 142 valence electrons. The minimum atomic E-state index is -3.85. The second-order valence-electron chi connectivity index (χ2n) is 6.49. The largest absolute Gasteiger partial charge is 0.326 e. The fraction of sp³-hybridized carbons (Fsp3) is 0.263. The van der Waals surface area contributed by atoms with E-state index in [1.807, 2.05) is 24.3 Å². The summed E-state index contributed by atoms with van der Waals surface area (Å²) < 4.78 is 22.9. The number of nitrogens with zero attached hydrogens (tertiary/aromatic N) is 1. The lowest BCUT2D eigenvalue weighted by Gasteiger charge is -2.17. The molecule has 8 heteroatoms. The van der Waals surface area contributed by atoms with Gasteiger partial charge in [-0.25, -0.2) is 13.6 Å². The Labute approximate surface area is 158 Å². The first kappa shape index (κ1) is 19.1. The maximum atomic E-state index is 12.5. The zero-order valence-electron chi connectivity index (χ0n) is 14.9. The number of rotatable bonds is 5. The average Bonchev–Trinajstić information content (AvgIpc) is 3.03. The molecule has 2 amide bonds. The van der Waals surface area contributed by atoms with Gasteiger partial charge in [0.15, 0.2) is 0 Å². The van der Waals surface area contributed by atoms with Gasteiger partial charge in [-0.1, -0.05) is 25.1 Å². The van der Waals surface area contributed by atoms with E-state index in [1.54, 1.807) is 11.0 Å². The van der Waals surface area contributed by atoms with Gasteiger partial charge in [0, 0.05) is 24.3 Å². The van der Waals surface area contributed by atoms with Gasteiger partial charge >= 0.3 is 0 Å². The second-order valence-corrected chi connectivity index (χ2v) is 8.05. The Bertz CT molecular complexity index is 971. The van der Waals surface area contributed by atoms with E-state index in [4.69, 9.17) is 5.14 Å². The lowest BCUT2D eigenvalue weighted by Crippen LogP contribution is -2.28. The molecule has 1 fully saturated rings. The molecule has 0 bridgehead atoms. The molecule has 0 spiro atoms. The van der Waals surface area contributed by atoms with Crippen LogP contribution in [0.2, 0.25) is 0 Å². The normalized spacial score (nSPS) is 17.2. The van der Waals surface area contributed by atoms with E-state index in [1.165, 1.54) is 23.8 Å². The van der Waals surface area contributed by atoms with Crippen LogP contribution in [0.25, 0.3) is 0 Å². The predicted octanol–water partition coefficient (Wildman–Crippen LogP) is 1.89. The Hall–Kier alpha value is -2.71. The number of carbonyl (C=O) groups excluding carboxylic acids is 2. The monoisotopic (exact) mass is 387 g/mol. The van der Waals surface area contributed by atoms with Crippen molar-refractivity contribution in [3.63, 3.8) is 0 Å². The molecule has 2 aromatic carbocycles. The highest BCUT2D eigenvalue weighted by Crippen LogP contribution is 2.26. The molecule has 1 saturated heterocycles. The fourth-order valence-electron chi connectivity index (χ4n) is 3.04. The Morgan fingerprint density at radius 2 is 1.93 bits per heavy atom. The van der Waals surface area contributed by atoms with Gasteiger partial charge in [-0.15, -0.1) is 0 Å². The lowest BCUT2D eigenvalue weighted by molar-refractivity contribution is -0.122. The van der Waals surface area contributed by atoms with E-state index in [0.29, 0.717) is 5.69 Å². The lowest BCUT2D eigenvalue weighted by atomic mass is 10.1. The summed E-state index contributed by atoms with van der Waals surface area (Å²) >= 11 is 0. The van der Waals surface area contributed by atoms with E-state index in [0.717, 1.165) is 12.1 Å².